The van der Waals surface area contributed by atoms with Crippen LogP contribution in [0.1, 0.15) is 53.9 Å². The summed E-state index contributed by atoms with van der Waals surface area (Å²) >= 11 is 0. The van der Waals surface area contributed by atoms with E-state index in [2.05, 4.69) is 44.9 Å². The van der Waals surface area contributed by atoms with E-state index in [1.807, 2.05) is 0 Å². The number of nitrogens with zero attached hydrogens (tertiary/aromatic N) is 1. The number of hydrogen-bond acceptors (Lipinski definition) is 1. The van der Waals surface area contributed by atoms with Crippen LogP contribution in [0.3, 0.4) is 0 Å². The quantitative estimate of drug-likeness (QED) is 0.416. The summed E-state index contributed by atoms with van der Waals surface area (Å²) in [4.78, 5) is 4.31. The first kappa shape index (κ1) is 15.3. The molecule has 3 nitrogen and oxygen atoms in total. The molecule has 0 aromatic heterocycles. The lowest BCUT2D eigenvalue weighted by molar-refractivity contribution is 0.368. The highest BCUT2D eigenvalue weighted by Crippen LogP contribution is 2.20. The van der Waals surface area contributed by atoms with Crippen LogP contribution in [0.5, 0.6) is 0 Å². The van der Waals surface area contributed by atoms with Crippen molar-refractivity contribution in [3.05, 3.63) is 0 Å². The molecule has 0 amide bonds. The number of aliphatic imine (C=N–C) groups is 1. The van der Waals surface area contributed by atoms with E-state index >= 15 is 0 Å². The Morgan fingerprint density at radius 3 is 2.44 bits per heavy atom. The highest BCUT2D eigenvalue weighted by atomic mass is 15.1. The minimum Gasteiger partial charge on any atom is -0.370 e. The van der Waals surface area contributed by atoms with Crippen LogP contribution in [-0.2, 0) is 0 Å². The van der Waals surface area contributed by atoms with Crippen LogP contribution in [0, 0.1) is 11.3 Å². The molecule has 0 saturated carbocycles. The Kier molecular flexibility index (Phi) is 7.18. The van der Waals surface area contributed by atoms with Crippen molar-refractivity contribution in [1.29, 1.82) is 0 Å². The van der Waals surface area contributed by atoms with Gasteiger partial charge in [-0.25, -0.2) is 0 Å². The van der Waals surface area contributed by atoms with Gasteiger partial charge >= 0.3 is 0 Å². The SMILES string of the molecule is CC(C)CCNC(N)=NCCCC(C)(C)C. The molecule has 0 spiro atoms. The molecule has 0 aliphatic carbocycles. The fraction of sp³-hybridized carbons (Fsp3) is 0.923. The predicted octanol–water partition coefficient (Wildman–Crippen LogP) is 2.76. The number of nitrogens with one attached hydrogen (secondary N) is 1. The molecule has 0 heterocycles. The van der Waals surface area contributed by atoms with Crippen molar-refractivity contribution in [2.24, 2.45) is 22.1 Å². The average molecular weight is 227 g/mol. The molecule has 0 unspecified atom stereocenters. The summed E-state index contributed by atoms with van der Waals surface area (Å²) in [6, 6.07) is 0. The molecule has 96 valence electrons. The van der Waals surface area contributed by atoms with Gasteiger partial charge in [0.1, 0.15) is 0 Å². The van der Waals surface area contributed by atoms with Gasteiger partial charge in [-0.1, -0.05) is 34.6 Å². The molecule has 0 aliphatic rings. The van der Waals surface area contributed by atoms with Crippen LogP contribution >= 0.6 is 0 Å². The molecule has 16 heavy (non-hydrogen) atoms. The summed E-state index contributed by atoms with van der Waals surface area (Å²) in [5.41, 5.74) is 6.15. The van der Waals surface area contributed by atoms with Crippen molar-refractivity contribution in [2.45, 2.75) is 53.9 Å². The molecule has 0 radical (unpaired) electrons. The summed E-state index contributed by atoms with van der Waals surface area (Å²) < 4.78 is 0. The van der Waals surface area contributed by atoms with Gasteiger partial charge in [0, 0.05) is 13.1 Å². The lowest BCUT2D eigenvalue weighted by Crippen LogP contribution is -2.33. The first-order valence-electron chi connectivity index (χ1n) is 6.35. The molecular formula is C13H29N3. The van der Waals surface area contributed by atoms with E-state index < -0.39 is 0 Å². The maximum absolute atomic E-state index is 5.75. The third-order valence-corrected chi connectivity index (χ3v) is 2.39. The van der Waals surface area contributed by atoms with Crippen LogP contribution in [0.25, 0.3) is 0 Å². The largest absolute Gasteiger partial charge is 0.370 e. The Morgan fingerprint density at radius 1 is 1.31 bits per heavy atom. The summed E-state index contributed by atoms with van der Waals surface area (Å²) in [7, 11) is 0. The van der Waals surface area contributed by atoms with Crippen LogP contribution in [0.2, 0.25) is 0 Å². The zero-order valence-electron chi connectivity index (χ0n) is 11.6. The Hall–Kier alpha value is -0.730. The molecule has 3 N–H and O–H groups in total. The monoisotopic (exact) mass is 227 g/mol. The average Bonchev–Trinajstić information content (AvgIpc) is 2.10. The third kappa shape index (κ3) is 11.3. The summed E-state index contributed by atoms with van der Waals surface area (Å²) in [5.74, 6) is 1.30. The molecule has 0 fully saturated rings. The Morgan fingerprint density at radius 2 is 1.94 bits per heavy atom. The molecule has 0 bridgehead atoms. The second-order valence-electron chi connectivity index (χ2n) is 6.04. The molecule has 0 atom stereocenters. The fourth-order valence-electron chi connectivity index (χ4n) is 1.35. The molecule has 0 rings (SSSR count). The summed E-state index contributed by atoms with van der Waals surface area (Å²) in [5, 5.41) is 3.14. The minimum atomic E-state index is 0.398. The van der Waals surface area contributed by atoms with Crippen molar-refractivity contribution >= 4 is 5.96 Å². The zero-order chi connectivity index (χ0) is 12.6. The van der Waals surface area contributed by atoms with E-state index in [0.717, 1.165) is 25.9 Å². The summed E-state index contributed by atoms with van der Waals surface area (Å²) in [6.45, 7) is 12.9. The van der Waals surface area contributed by atoms with E-state index in [1.54, 1.807) is 0 Å². The normalized spacial score (nSPS) is 13.2. The third-order valence-electron chi connectivity index (χ3n) is 2.39. The van der Waals surface area contributed by atoms with E-state index in [4.69, 9.17) is 5.73 Å². The maximum atomic E-state index is 5.75. The summed E-state index contributed by atoms with van der Waals surface area (Å²) in [6.07, 6.45) is 3.43. The molecule has 0 aromatic carbocycles. The molecule has 0 saturated heterocycles. The van der Waals surface area contributed by atoms with Crippen molar-refractivity contribution in [2.75, 3.05) is 13.1 Å². The lowest BCUT2D eigenvalue weighted by atomic mass is 9.91. The highest BCUT2D eigenvalue weighted by molar-refractivity contribution is 5.77. The number of guanidine groups is 1. The van der Waals surface area contributed by atoms with Crippen molar-refractivity contribution < 1.29 is 0 Å². The predicted molar refractivity (Wildman–Crippen MR) is 72.6 cm³/mol. The Labute approximate surface area is 101 Å². The van der Waals surface area contributed by atoms with Gasteiger partial charge in [0.25, 0.3) is 0 Å². The maximum Gasteiger partial charge on any atom is 0.188 e. The van der Waals surface area contributed by atoms with Gasteiger partial charge in [-0.3, -0.25) is 4.99 Å². The smallest absolute Gasteiger partial charge is 0.188 e. The Balaban J connectivity index is 3.55. The highest BCUT2D eigenvalue weighted by Gasteiger charge is 2.08. The number of rotatable bonds is 6. The van der Waals surface area contributed by atoms with Crippen molar-refractivity contribution in [3.63, 3.8) is 0 Å². The number of hydrogen-bond donors (Lipinski definition) is 2. The molecule has 3 heteroatoms. The molecule has 0 aromatic rings. The van der Waals surface area contributed by atoms with Gasteiger partial charge in [0.05, 0.1) is 0 Å². The molecular weight excluding hydrogens is 198 g/mol. The van der Waals surface area contributed by atoms with Gasteiger partial charge in [0.15, 0.2) is 5.96 Å². The van der Waals surface area contributed by atoms with Gasteiger partial charge in [-0.2, -0.15) is 0 Å². The van der Waals surface area contributed by atoms with Gasteiger partial charge in [-0.05, 0) is 30.6 Å². The first-order chi connectivity index (χ1) is 7.31. The van der Waals surface area contributed by atoms with E-state index in [1.165, 1.54) is 6.42 Å². The van der Waals surface area contributed by atoms with E-state index in [9.17, 15) is 0 Å². The molecule has 0 aliphatic heterocycles. The lowest BCUT2D eigenvalue weighted by Gasteiger charge is -2.16. The van der Waals surface area contributed by atoms with Crippen molar-refractivity contribution in [1.82, 2.24) is 5.32 Å². The second-order valence-corrected chi connectivity index (χ2v) is 6.04. The van der Waals surface area contributed by atoms with Crippen LogP contribution in [0.15, 0.2) is 4.99 Å². The standard InChI is InChI=1S/C13H29N3/c1-11(2)7-10-16-12(14)15-9-6-8-13(3,4)5/h11H,6-10H2,1-5H3,(H3,14,15,16). The minimum absolute atomic E-state index is 0.398. The van der Waals surface area contributed by atoms with Gasteiger partial charge in [0.2, 0.25) is 0 Å². The van der Waals surface area contributed by atoms with Crippen LogP contribution < -0.4 is 11.1 Å². The topological polar surface area (TPSA) is 50.4 Å². The van der Waals surface area contributed by atoms with Gasteiger partial charge in [-0.15, -0.1) is 0 Å². The van der Waals surface area contributed by atoms with E-state index in [0.29, 0.717) is 17.3 Å². The van der Waals surface area contributed by atoms with Gasteiger partial charge < -0.3 is 11.1 Å². The van der Waals surface area contributed by atoms with Crippen LogP contribution in [-0.4, -0.2) is 19.0 Å². The van der Waals surface area contributed by atoms with E-state index in [-0.39, 0.29) is 0 Å². The Bertz CT molecular complexity index is 202. The fourth-order valence-corrected chi connectivity index (χ4v) is 1.35. The van der Waals surface area contributed by atoms with Crippen molar-refractivity contribution in [3.8, 4) is 0 Å². The second kappa shape index (κ2) is 7.53. The number of nitrogens with two attached hydrogens (primary N) is 1. The zero-order valence-corrected chi connectivity index (χ0v) is 11.6. The first-order valence-corrected chi connectivity index (χ1v) is 6.35. The van der Waals surface area contributed by atoms with Crippen LogP contribution in [0.4, 0.5) is 0 Å².